The predicted molar refractivity (Wildman–Crippen MR) is 71.5 cm³/mol. The lowest BCUT2D eigenvalue weighted by Crippen LogP contribution is -2.09. The average Bonchev–Trinajstić information content (AvgIpc) is 2.38. The molecule has 4 heteroatoms. The fourth-order valence-electron chi connectivity index (χ4n) is 1.32. The SMILES string of the molecule is OCCOCCOCCC(=S)c1ccccc1. The lowest BCUT2D eigenvalue weighted by atomic mass is 10.1. The number of benzene rings is 1. The van der Waals surface area contributed by atoms with E-state index in [0.717, 1.165) is 16.8 Å². The third kappa shape index (κ3) is 6.48. The van der Waals surface area contributed by atoms with Crippen LogP contribution in [0.3, 0.4) is 0 Å². The highest BCUT2D eigenvalue weighted by atomic mass is 32.1. The van der Waals surface area contributed by atoms with Crippen molar-refractivity contribution in [3.8, 4) is 0 Å². The van der Waals surface area contributed by atoms with Crippen LogP contribution in [0.2, 0.25) is 0 Å². The Bertz CT molecular complexity index is 314. The van der Waals surface area contributed by atoms with Gasteiger partial charge in [0.05, 0.1) is 33.0 Å². The molecule has 17 heavy (non-hydrogen) atoms. The second kappa shape index (κ2) is 9.24. The molecule has 3 nitrogen and oxygen atoms in total. The molecule has 0 atom stereocenters. The summed E-state index contributed by atoms with van der Waals surface area (Å²) in [4.78, 5) is 0.918. The smallest absolute Gasteiger partial charge is 0.0701 e. The van der Waals surface area contributed by atoms with Gasteiger partial charge >= 0.3 is 0 Å². The topological polar surface area (TPSA) is 38.7 Å². The standard InChI is InChI=1S/C13H18O3S/c14-7-9-16-11-10-15-8-6-13(17)12-4-2-1-3-5-12/h1-5,14H,6-11H2. The van der Waals surface area contributed by atoms with Crippen LogP contribution in [0, 0.1) is 0 Å². The molecule has 0 saturated carbocycles. The molecule has 0 fully saturated rings. The Hall–Kier alpha value is -0.810. The van der Waals surface area contributed by atoms with Gasteiger partial charge in [-0.25, -0.2) is 0 Å². The molecule has 1 aromatic carbocycles. The molecule has 0 aliphatic heterocycles. The molecule has 0 spiro atoms. The summed E-state index contributed by atoms with van der Waals surface area (Å²) < 4.78 is 10.4. The zero-order valence-corrected chi connectivity index (χ0v) is 10.6. The highest BCUT2D eigenvalue weighted by Crippen LogP contribution is 2.04. The second-order valence-corrected chi connectivity index (χ2v) is 3.98. The Morgan fingerprint density at radius 3 is 2.29 bits per heavy atom. The zero-order chi connectivity index (χ0) is 12.3. The fraction of sp³-hybridized carbons (Fsp3) is 0.462. The number of ether oxygens (including phenoxy) is 2. The van der Waals surface area contributed by atoms with Crippen molar-refractivity contribution in [2.24, 2.45) is 0 Å². The molecular weight excluding hydrogens is 236 g/mol. The first-order valence-corrected chi connectivity index (χ1v) is 6.10. The van der Waals surface area contributed by atoms with E-state index in [-0.39, 0.29) is 6.61 Å². The minimum Gasteiger partial charge on any atom is -0.394 e. The minimum absolute atomic E-state index is 0.0537. The minimum atomic E-state index is 0.0537. The number of rotatable bonds is 9. The van der Waals surface area contributed by atoms with E-state index in [2.05, 4.69) is 0 Å². The number of aliphatic hydroxyl groups is 1. The number of aliphatic hydroxyl groups excluding tert-OH is 1. The monoisotopic (exact) mass is 254 g/mol. The fourth-order valence-corrected chi connectivity index (χ4v) is 1.54. The van der Waals surface area contributed by atoms with Gasteiger partial charge in [-0.3, -0.25) is 0 Å². The third-order valence-corrected chi connectivity index (χ3v) is 2.62. The first kappa shape index (κ1) is 14.3. The van der Waals surface area contributed by atoms with Gasteiger partial charge in [0.25, 0.3) is 0 Å². The molecular formula is C13H18O3S. The van der Waals surface area contributed by atoms with E-state index >= 15 is 0 Å². The molecule has 1 aromatic rings. The first-order chi connectivity index (χ1) is 8.34. The molecule has 0 aliphatic carbocycles. The molecule has 0 bridgehead atoms. The van der Waals surface area contributed by atoms with Crippen molar-refractivity contribution >= 4 is 17.1 Å². The summed E-state index contributed by atoms with van der Waals surface area (Å²) in [5.41, 5.74) is 1.09. The van der Waals surface area contributed by atoms with E-state index in [1.165, 1.54) is 0 Å². The lowest BCUT2D eigenvalue weighted by molar-refractivity contribution is 0.0352. The highest BCUT2D eigenvalue weighted by Gasteiger charge is 1.99. The number of thiocarbonyl (C=S) groups is 1. The van der Waals surface area contributed by atoms with Gasteiger partial charge in [0.2, 0.25) is 0 Å². The molecule has 1 rings (SSSR count). The van der Waals surface area contributed by atoms with Crippen LogP contribution in [0.15, 0.2) is 30.3 Å². The summed E-state index contributed by atoms with van der Waals surface area (Å²) in [7, 11) is 0. The lowest BCUT2D eigenvalue weighted by Gasteiger charge is -2.06. The van der Waals surface area contributed by atoms with Gasteiger partial charge in [-0.1, -0.05) is 42.5 Å². The van der Waals surface area contributed by atoms with Crippen LogP contribution in [0.4, 0.5) is 0 Å². The molecule has 1 N–H and O–H groups in total. The van der Waals surface area contributed by atoms with Crippen molar-refractivity contribution < 1.29 is 14.6 Å². The Kier molecular flexibility index (Phi) is 7.75. The summed E-state index contributed by atoms with van der Waals surface area (Å²) in [6.07, 6.45) is 0.749. The molecule has 0 saturated heterocycles. The van der Waals surface area contributed by atoms with Crippen LogP contribution >= 0.6 is 12.2 Å². The molecule has 0 heterocycles. The van der Waals surface area contributed by atoms with Crippen molar-refractivity contribution in [1.82, 2.24) is 0 Å². The Morgan fingerprint density at radius 2 is 1.65 bits per heavy atom. The van der Waals surface area contributed by atoms with Gasteiger partial charge in [-0.2, -0.15) is 0 Å². The number of hydrogen-bond donors (Lipinski definition) is 1. The van der Waals surface area contributed by atoms with Crippen molar-refractivity contribution in [2.75, 3.05) is 33.0 Å². The highest BCUT2D eigenvalue weighted by molar-refractivity contribution is 7.80. The van der Waals surface area contributed by atoms with Gasteiger partial charge in [-0.15, -0.1) is 0 Å². The van der Waals surface area contributed by atoms with Gasteiger partial charge in [0.15, 0.2) is 0 Å². The molecule has 0 radical (unpaired) electrons. The summed E-state index contributed by atoms with van der Waals surface area (Å²) in [5.74, 6) is 0. The quantitative estimate of drug-likeness (QED) is 0.414. The Labute approximate surface area is 107 Å². The maximum Gasteiger partial charge on any atom is 0.0701 e. The van der Waals surface area contributed by atoms with Gasteiger partial charge < -0.3 is 14.6 Å². The molecule has 0 amide bonds. The maximum atomic E-state index is 8.48. The summed E-state index contributed by atoms with van der Waals surface area (Å²) in [6.45, 7) is 2.08. The summed E-state index contributed by atoms with van der Waals surface area (Å²) in [6, 6.07) is 9.94. The summed E-state index contributed by atoms with van der Waals surface area (Å²) >= 11 is 5.30. The van der Waals surface area contributed by atoms with Gasteiger partial charge in [0, 0.05) is 11.3 Å². The normalized spacial score (nSPS) is 10.4. The zero-order valence-electron chi connectivity index (χ0n) is 9.80. The van der Waals surface area contributed by atoms with Crippen LogP contribution < -0.4 is 0 Å². The summed E-state index contributed by atoms with van der Waals surface area (Å²) in [5, 5.41) is 8.48. The predicted octanol–water partition coefficient (Wildman–Crippen LogP) is 1.82. The van der Waals surface area contributed by atoms with Crippen molar-refractivity contribution in [2.45, 2.75) is 6.42 Å². The van der Waals surface area contributed by atoms with Crippen LogP contribution in [-0.4, -0.2) is 43.0 Å². The molecule has 94 valence electrons. The largest absolute Gasteiger partial charge is 0.394 e. The van der Waals surface area contributed by atoms with Crippen LogP contribution in [0.25, 0.3) is 0 Å². The van der Waals surface area contributed by atoms with Crippen molar-refractivity contribution in [1.29, 1.82) is 0 Å². The Balaban J connectivity index is 2.05. The van der Waals surface area contributed by atoms with E-state index < -0.39 is 0 Å². The van der Waals surface area contributed by atoms with E-state index in [1.54, 1.807) is 0 Å². The van der Waals surface area contributed by atoms with Crippen LogP contribution in [-0.2, 0) is 9.47 Å². The van der Waals surface area contributed by atoms with Crippen molar-refractivity contribution in [3.63, 3.8) is 0 Å². The van der Waals surface area contributed by atoms with Crippen LogP contribution in [0.5, 0.6) is 0 Å². The van der Waals surface area contributed by atoms with E-state index in [4.69, 9.17) is 26.8 Å². The van der Waals surface area contributed by atoms with Crippen LogP contribution in [0.1, 0.15) is 12.0 Å². The molecule has 0 aromatic heterocycles. The first-order valence-electron chi connectivity index (χ1n) is 5.69. The van der Waals surface area contributed by atoms with Crippen molar-refractivity contribution in [3.05, 3.63) is 35.9 Å². The average molecular weight is 254 g/mol. The number of hydrogen-bond acceptors (Lipinski definition) is 4. The molecule has 0 unspecified atom stereocenters. The molecule has 0 aliphatic rings. The van der Waals surface area contributed by atoms with Gasteiger partial charge in [0.1, 0.15) is 0 Å². The van der Waals surface area contributed by atoms with E-state index in [0.29, 0.717) is 26.4 Å². The van der Waals surface area contributed by atoms with E-state index in [1.807, 2.05) is 30.3 Å². The second-order valence-electron chi connectivity index (χ2n) is 3.49. The maximum absolute atomic E-state index is 8.48. The van der Waals surface area contributed by atoms with E-state index in [9.17, 15) is 0 Å². The Morgan fingerprint density at radius 1 is 1.00 bits per heavy atom. The third-order valence-electron chi connectivity index (χ3n) is 2.18. The van der Waals surface area contributed by atoms with Gasteiger partial charge in [-0.05, 0) is 5.56 Å².